The first-order valence-corrected chi connectivity index (χ1v) is 8.06. The van der Waals surface area contributed by atoms with Gasteiger partial charge in [0.15, 0.2) is 5.43 Å². The summed E-state index contributed by atoms with van der Waals surface area (Å²) in [7, 11) is 1.80. The fourth-order valence-electron chi connectivity index (χ4n) is 2.82. The van der Waals surface area contributed by atoms with Gasteiger partial charge in [-0.15, -0.1) is 0 Å². The van der Waals surface area contributed by atoms with Crippen molar-refractivity contribution < 1.29 is 9.59 Å². The lowest BCUT2D eigenvalue weighted by atomic mass is 10.0. The summed E-state index contributed by atoms with van der Waals surface area (Å²) in [5, 5.41) is 2.90. The molecule has 1 atom stereocenters. The zero-order valence-electron chi connectivity index (χ0n) is 14.3. The van der Waals surface area contributed by atoms with E-state index in [-0.39, 0.29) is 34.8 Å². The van der Waals surface area contributed by atoms with Gasteiger partial charge in [0.2, 0.25) is 5.91 Å². The zero-order valence-corrected chi connectivity index (χ0v) is 14.3. The van der Waals surface area contributed by atoms with Crippen LogP contribution in [0.15, 0.2) is 17.1 Å². The van der Waals surface area contributed by atoms with Crippen molar-refractivity contribution in [3.05, 3.63) is 33.7 Å². The lowest BCUT2D eigenvalue weighted by molar-refractivity contribution is -0.135. The Bertz CT molecular complexity index is 664. The Morgan fingerprint density at radius 1 is 1.35 bits per heavy atom. The largest absolute Gasteiger partial charge is 0.354 e. The van der Waals surface area contributed by atoms with E-state index in [1.807, 2.05) is 20.8 Å². The number of nitrogens with one attached hydrogen (secondary N) is 1. The fraction of sp³-hybridized carbons (Fsp3) is 0.588. The molecule has 1 aromatic heterocycles. The fourth-order valence-corrected chi connectivity index (χ4v) is 2.82. The van der Waals surface area contributed by atoms with Crippen LogP contribution in [0.3, 0.4) is 0 Å². The molecule has 0 radical (unpaired) electrons. The molecule has 2 amide bonds. The van der Waals surface area contributed by atoms with Crippen molar-refractivity contribution in [3.8, 4) is 0 Å². The molecule has 2 heterocycles. The number of rotatable bonds is 3. The minimum absolute atomic E-state index is 0.0474. The summed E-state index contributed by atoms with van der Waals surface area (Å²) in [5.41, 5.74) is 0.673. The Morgan fingerprint density at radius 2 is 2.04 bits per heavy atom. The van der Waals surface area contributed by atoms with E-state index in [9.17, 15) is 14.4 Å². The maximum Gasteiger partial charge on any atom is 0.257 e. The lowest BCUT2D eigenvalue weighted by Gasteiger charge is -2.34. The molecule has 1 saturated heterocycles. The van der Waals surface area contributed by atoms with E-state index in [0.717, 1.165) is 25.1 Å². The molecule has 0 saturated carbocycles. The zero-order chi connectivity index (χ0) is 17.1. The summed E-state index contributed by atoms with van der Waals surface area (Å²) < 4.78 is 1.76. The van der Waals surface area contributed by atoms with Crippen LogP contribution in [0.1, 0.15) is 42.7 Å². The number of likely N-dealkylation sites (tertiary alicyclic amines) is 1. The van der Waals surface area contributed by atoms with E-state index in [0.29, 0.717) is 6.54 Å². The van der Waals surface area contributed by atoms with Gasteiger partial charge in [-0.2, -0.15) is 0 Å². The van der Waals surface area contributed by atoms with Crippen molar-refractivity contribution in [2.45, 2.75) is 39.7 Å². The summed E-state index contributed by atoms with van der Waals surface area (Å²) in [6.07, 6.45) is 3.24. The molecule has 1 aliphatic rings. The second-order valence-electron chi connectivity index (χ2n) is 6.56. The van der Waals surface area contributed by atoms with E-state index < -0.39 is 0 Å². The van der Waals surface area contributed by atoms with Crippen LogP contribution in [-0.2, 0) is 11.8 Å². The van der Waals surface area contributed by atoms with Crippen LogP contribution in [-0.4, -0.2) is 40.4 Å². The van der Waals surface area contributed by atoms with Gasteiger partial charge < -0.3 is 14.8 Å². The lowest BCUT2D eigenvalue weighted by Crippen LogP contribution is -2.51. The van der Waals surface area contributed by atoms with Crippen molar-refractivity contribution in [2.24, 2.45) is 13.0 Å². The number of amides is 2. The van der Waals surface area contributed by atoms with Gasteiger partial charge in [0.1, 0.15) is 5.56 Å². The van der Waals surface area contributed by atoms with E-state index in [1.54, 1.807) is 22.7 Å². The Labute approximate surface area is 136 Å². The highest BCUT2D eigenvalue weighted by molar-refractivity contribution is 5.94. The van der Waals surface area contributed by atoms with Crippen LogP contribution in [0.25, 0.3) is 0 Å². The van der Waals surface area contributed by atoms with Crippen molar-refractivity contribution in [3.63, 3.8) is 0 Å². The van der Waals surface area contributed by atoms with Crippen LogP contribution >= 0.6 is 0 Å². The molecule has 0 bridgehead atoms. The standard InChI is InChI=1S/C17H25N3O3/c1-11(2)17(23)20-7-5-6-13(9-20)18-16(22)14-10-19(4)12(3)8-15(14)21/h8,10-11,13H,5-7,9H2,1-4H3,(H,18,22)/t13-/m0/s1. The molecule has 0 aromatic carbocycles. The second-order valence-corrected chi connectivity index (χ2v) is 6.56. The first-order chi connectivity index (χ1) is 10.8. The van der Waals surface area contributed by atoms with Crippen molar-refractivity contribution in [2.75, 3.05) is 13.1 Å². The molecule has 1 N–H and O–H groups in total. The Morgan fingerprint density at radius 3 is 2.70 bits per heavy atom. The molecule has 126 valence electrons. The number of pyridine rings is 1. The Kier molecular flexibility index (Phi) is 5.23. The number of hydrogen-bond acceptors (Lipinski definition) is 3. The number of aromatic nitrogens is 1. The first-order valence-electron chi connectivity index (χ1n) is 8.06. The molecule has 1 aliphatic heterocycles. The van der Waals surface area contributed by atoms with E-state index >= 15 is 0 Å². The molecular weight excluding hydrogens is 294 g/mol. The van der Waals surface area contributed by atoms with Gasteiger partial charge in [0.05, 0.1) is 0 Å². The van der Waals surface area contributed by atoms with Gasteiger partial charge in [-0.05, 0) is 19.8 Å². The maximum absolute atomic E-state index is 12.4. The summed E-state index contributed by atoms with van der Waals surface area (Å²) in [5.74, 6) is -0.307. The predicted molar refractivity (Wildman–Crippen MR) is 88.3 cm³/mol. The molecule has 1 fully saturated rings. The molecule has 0 unspecified atom stereocenters. The van der Waals surface area contributed by atoms with Gasteiger partial charge in [-0.3, -0.25) is 14.4 Å². The molecule has 0 spiro atoms. The van der Waals surface area contributed by atoms with Crippen LogP contribution < -0.4 is 10.7 Å². The number of carbonyl (C=O) groups is 2. The predicted octanol–water partition coefficient (Wildman–Crippen LogP) is 1.07. The third kappa shape index (κ3) is 4.00. The quantitative estimate of drug-likeness (QED) is 0.906. The van der Waals surface area contributed by atoms with Crippen LogP contribution in [0.4, 0.5) is 0 Å². The van der Waals surface area contributed by atoms with Gasteiger partial charge >= 0.3 is 0 Å². The minimum Gasteiger partial charge on any atom is -0.354 e. The van der Waals surface area contributed by atoms with Crippen molar-refractivity contribution in [1.82, 2.24) is 14.8 Å². The number of carbonyl (C=O) groups excluding carboxylic acids is 2. The minimum atomic E-state index is -0.366. The Balaban J connectivity index is 2.07. The van der Waals surface area contributed by atoms with Crippen molar-refractivity contribution in [1.29, 1.82) is 0 Å². The summed E-state index contributed by atoms with van der Waals surface area (Å²) >= 11 is 0. The van der Waals surface area contributed by atoms with Gasteiger partial charge in [0.25, 0.3) is 5.91 Å². The SMILES string of the molecule is Cc1cc(=O)c(C(=O)N[C@H]2CCCN(C(=O)C(C)C)C2)cn1C. The third-order valence-electron chi connectivity index (χ3n) is 4.29. The van der Waals surface area contributed by atoms with E-state index in [1.165, 1.54) is 6.07 Å². The van der Waals surface area contributed by atoms with Gasteiger partial charge in [-0.25, -0.2) is 0 Å². The van der Waals surface area contributed by atoms with E-state index in [4.69, 9.17) is 0 Å². The van der Waals surface area contributed by atoms with Gasteiger partial charge in [-0.1, -0.05) is 13.8 Å². The third-order valence-corrected chi connectivity index (χ3v) is 4.29. The average Bonchev–Trinajstić information content (AvgIpc) is 2.50. The topological polar surface area (TPSA) is 71.4 Å². The maximum atomic E-state index is 12.4. The molecular formula is C17H25N3O3. The van der Waals surface area contributed by atoms with Crippen LogP contribution in [0.5, 0.6) is 0 Å². The highest BCUT2D eigenvalue weighted by Gasteiger charge is 2.26. The smallest absolute Gasteiger partial charge is 0.257 e. The van der Waals surface area contributed by atoms with Crippen molar-refractivity contribution >= 4 is 11.8 Å². The highest BCUT2D eigenvalue weighted by Crippen LogP contribution is 2.13. The Hall–Kier alpha value is -2.11. The monoisotopic (exact) mass is 319 g/mol. The summed E-state index contributed by atoms with van der Waals surface area (Å²) in [6.45, 7) is 6.81. The second kappa shape index (κ2) is 6.98. The summed E-state index contributed by atoms with van der Waals surface area (Å²) in [4.78, 5) is 38.3. The molecule has 2 rings (SSSR count). The average molecular weight is 319 g/mol. The number of aryl methyl sites for hydroxylation is 2. The van der Waals surface area contributed by atoms with Crippen LogP contribution in [0.2, 0.25) is 0 Å². The molecule has 6 heteroatoms. The number of nitrogens with zero attached hydrogens (tertiary/aromatic N) is 2. The van der Waals surface area contributed by atoms with E-state index in [2.05, 4.69) is 5.32 Å². The molecule has 6 nitrogen and oxygen atoms in total. The molecule has 0 aliphatic carbocycles. The highest BCUT2D eigenvalue weighted by atomic mass is 16.2. The van der Waals surface area contributed by atoms with Crippen LogP contribution in [0, 0.1) is 12.8 Å². The first kappa shape index (κ1) is 17.2. The number of hydrogen-bond donors (Lipinski definition) is 1. The normalized spacial score (nSPS) is 18.1. The van der Waals surface area contributed by atoms with Gasteiger partial charge in [0, 0.05) is 50.1 Å². The summed E-state index contributed by atoms with van der Waals surface area (Å²) in [6, 6.07) is 1.36. The molecule has 1 aromatic rings. The molecule has 23 heavy (non-hydrogen) atoms. The number of piperidine rings is 1.